The van der Waals surface area contributed by atoms with Crippen LogP contribution in [0.1, 0.15) is 78.0 Å². The molecule has 1 heterocycles. The summed E-state index contributed by atoms with van der Waals surface area (Å²) in [5, 5.41) is 13.4. The average molecular weight is 513 g/mol. The van der Waals surface area contributed by atoms with Gasteiger partial charge in [-0.3, -0.25) is 4.79 Å². The van der Waals surface area contributed by atoms with Crippen molar-refractivity contribution in [2.24, 2.45) is 7.05 Å². The van der Waals surface area contributed by atoms with Crippen molar-refractivity contribution in [3.8, 4) is 5.75 Å². The quantitative estimate of drug-likeness (QED) is 0.267. The Morgan fingerprint density at radius 2 is 1.66 bits per heavy atom. The van der Waals surface area contributed by atoms with Crippen LogP contribution in [0.25, 0.3) is 10.9 Å². The van der Waals surface area contributed by atoms with Crippen LogP contribution < -0.4 is 10.1 Å². The molecule has 2 atom stereocenters. The van der Waals surface area contributed by atoms with E-state index in [9.17, 15) is 9.59 Å². The number of hydrogen-bond donors (Lipinski definition) is 2. The monoisotopic (exact) mass is 512 g/mol. The third-order valence-corrected chi connectivity index (χ3v) is 7.25. The van der Waals surface area contributed by atoms with E-state index in [2.05, 4.69) is 48.9 Å². The van der Waals surface area contributed by atoms with Gasteiger partial charge in [-0.15, -0.1) is 0 Å². The zero-order valence-electron chi connectivity index (χ0n) is 22.9. The Bertz CT molecular complexity index is 1480. The van der Waals surface area contributed by atoms with Crippen LogP contribution in [0, 0.1) is 6.92 Å². The third-order valence-electron chi connectivity index (χ3n) is 7.25. The van der Waals surface area contributed by atoms with Crippen molar-refractivity contribution in [1.29, 1.82) is 0 Å². The number of aliphatic carboxylic acids is 1. The Labute approximate surface area is 224 Å². The van der Waals surface area contributed by atoms with Crippen LogP contribution in [-0.2, 0) is 18.3 Å². The van der Waals surface area contributed by atoms with Gasteiger partial charge in [0.1, 0.15) is 5.75 Å². The van der Waals surface area contributed by atoms with Gasteiger partial charge in [0.15, 0.2) is 6.10 Å². The molecule has 0 aliphatic rings. The number of benzene rings is 3. The summed E-state index contributed by atoms with van der Waals surface area (Å²) in [7, 11) is 2.01. The molecule has 1 unspecified atom stereocenters. The fourth-order valence-corrected chi connectivity index (χ4v) is 4.74. The molecule has 198 valence electrons. The summed E-state index contributed by atoms with van der Waals surface area (Å²) in [5.41, 5.74) is 7.26. The van der Waals surface area contributed by atoms with E-state index >= 15 is 0 Å². The fraction of sp³-hybridized carbons (Fsp3) is 0.312. The first-order valence-corrected chi connectivity index (χ1v) is 13.0. The Morgan fingerprint density at radius 1 is 0.947 bits per heavy atom. The number of rotatable bonds is 9. The lowest BCUT2D eigenvalue weighted by Gasteiger charge is -2.16. The predicted molar refractivity (Wildman–Crippen MR) is 151 cm³/mol. The van der Waals surface area contributed by atoms with Gasteiger partial charge in [-0.1, -0.05) is 56.3 Å². The molecule has 3 aromatic carbocycles. The van der Waals surface area contributed by atoms with Gasteiger partial charge in [0.2, 0.25) is 0 Å². The van der Waals surface area contributed by atoms with Crippen molar-refractivity contribution in [3.63, 3.8) is 0 Å². The number of nitrogens with one attached hydrogen (secondary N) is 1. The molecule has 6 nitrogen and oxygen atoms in total. The molecule has 1 aromatic heterocycles. The van der Waals surface area contributed by atoms with Gasteiger partial charge in [-0.05, 0) is 79.6 Å². The summed E-state index contributed by atoms with van der Waals surface area (Å²) in [6.45, 7) is 9.93. The van der Waals surface area contributed by atoms with E-state index < -0.39 is 12.1 Å². The van der Waals surface area contributed by atoms with Gasteiger partial charge in [-0.2, -0.15) is 0 Å². The molecule has 0 fully saturated rings. The molecule has 1 amide bonds. The number of hydrogen-bond acceptors (Lipinski definition) is 3. The summed E-state index contributed by atoms with van der Waals surface area (Å²) >= 11 is 0. The van der Waals surface area contributed by atoms with Crippen molar-refractivity contribution in [2.75, 3.05) is 0 Å². The smallest absolute Gasteiger partial charge is 0.344 e. The van der Waals surface area contributed by atoms with E-state index in [-0.39, 0.29) is 11.9 Å². The highest BCUT2D eigenvalue weighted by Gasteiger charge is 2.18. The summed E-state index contributed by atoms with van der Waals surface area (Å²) in [6, 6.07) is 21.6. The van der Waals surface area contributed by atoms with Crippen molar-refractivity contribution >= 4 is 22.8 Å². The highest BCUT2D eigenvalue weighted by atomic mass is 16.5. The Balaban J connectivity index is 1.56. The second kappa shape index (κ2) is 11.1. The van der Waals surface area contributed by atoms with Gasteiger partial charge in [-0.25, -0.2) is 4.79 Å². The molecule has 0 spiro atoms. The maximum Gasteiger partial charge on any atom is 0.344 e. The van der Waals surface area contributed by atoms with E-state index in [0.29, 0.717) is 23.7 Å². The molecule has 6 heteroatoms. The summed E-state index contributed by atoms with van der Waals surface area (Å²) in [6.07, 6.45) is -0.257. The largest absolute Gasteiger partial charge is 0.479 e. The normalized spacial score (nSPS) is 12.9. The van der Waals surface area contributed by atoms with Gasteiger partial charge in [0.05, 0.1) is 6.04 Å². The van der Waals surface area contributed by atoms with E-state index in [1.54, 1.807) is 6.07 Å². The van der Waals surface area contributed by atoms with Crippen molar-refractivity contribution in [2.45, 2.75) is 59.1 Å². The lowest BCUT2D eigenvalue weighted by Crippen LogP contribution is -2.26. The third kappa shape index (κ3) is 5.75. The second-order valence-corrected chi connectivity index (χ2v) is 10.3. The molecular formula is C32H36N2O4. The number of carbonyl (C=O) groups excluding carboxylic acids is 1. The van der Waals surface area contributed by atoms with Crippen molar-refractivity contribution in [3.05, 3.63) is 100 Å². The highest BCUT2D eigenvalue weighted by molar-refractivity contribution is 5.99. The molecular weight excluding hydrogens is 476 g/mol. The predicted octanol–water partition coefficient (Wildman–Crippen LogP) is 6.54. The fourth-order valence-electron chi connectivity index (χ4n) is 4.74. The molecule has 2 N–H and O–H groups in total. The zero-order chi connectivity index (χ0) is 27.6. The molecule has 4 aromatic rings. The zero-order valence-corrected chi connectivity index (χ0v) is 22.9. The van der Waals surface area contributed by atoms with Gasteiger partial charge < -0.3 is 19.7 Å². The molecule has 0 bridgehead atoms. The number of carboxylic acids is 1. The van der Waals surface area contributed by atoms with E-state index in [1.807, 2.05) is 56.4 Å². The minimum Gasteiger partial charge on any atom is -0.479 e. The van der Waals surface area contributed by atoms with Crippen LogP contribution in [-0.4, -0.2) is 27.7 Å². The number of nitrogens with zero attached hydrogens (tertiary/aromatic N) is 1. The lowest BCUT2D eigenvalue weighted by molar-refractivity contribution is -0.144. The second-order valence-electron chi connectivity index (χ2n) is 10.3. The molecule has 0 aliphatic heterocycles. The summed E-state index contributed by atoms with van der Waals surface area (Å²) in [4.78, 5) is 24.3. The Kier molecular flexibility index (Phi) is 7.91. The Hall–Kier alpha value is -4.06. The first-order valence-electron chi connectivity index (χ1n) is 13.0. The maximum atomic E-state index is 13.2. The maximum absolute atomic E-state index is 13.2. The first kappa shape index (κ1) is 27.0. The van der Waals surface area contributed by atoms with Crippen LogP contribution in [0.15, 0.2) is 66.7 Å². The molecule has 0 aliphatic carbocycles. The van der Waals surface area contributed by atoms with Crippen LogP contribution in [0.4, 0.5) is 0 Å². The van der Waals surface area contributed by atoms with E-state index in [1.165, 1.54) is 12.5 Å². The number of ether oxygens (including phenoxy) is 1. The van der Waals surface area contributed by atoms with E-state index in [0.717, 1.165) is 33.3 Å². The van der Waals surface area contributed by atoms with Gasteiger partial charge >= 0.3 is 5.97 Å². The number of fused-ring (bicyclic) bond motifs is 1. The molecule has 0 saturated carbocycles. The van der Waals surface area contributed by atoms with Crippen LogP contribution in [0.3, 0.4) is 0 Å². The number of amides is 1. The topological polar surface area (TPSA) is 80.6 Å². The van der Waals surface area contributed by atoms with Crippen LogP contribution in [0.2, 0.25) is 0 Å². The minimum absolute atomic E-state index is 0.104. The molecule has 38 heavy (non-hydrogen) atoms. The van der Waals surface area contributed by atoms with E-state index in [4.69, 9.17) is 9.84 Å². The molecule has 4 rings (SSSR count). The van der Waals surface area contributed by atoms with Crippen LogP contribution in [0.5, 0.6) is 5.75 Å². The molecule has 0 radical (unpaired) electrons. The average Bonchev–Trinajstić information content (AvgIpc) is 3.13. The highest BCUT2D eigenvalue weighted by Crippen LogP contribution is 2.29. The van der Waals surface area contributed by atoms with Crippen LogP contribution >= 0.6 is 0 Å². The number of aryl methyl sites for hydroxylation is 1. The number of carbonyl (C=O) groups is 2. The number of aromatic nitrogens is 1. The first-order chi connectivity index (χ1) is 18.0. The lowest BCUT2D eigenvalue weighted by atomic mass is 9.98. The Morgan fingerprint density at radius 3 is 2.37 bits per heavy atom. The SMILES string of the molecule is Cc1c(Cc2cccc(OC(C)C(=O)O)c2)c2ccc(C(=O)N[C@@H](C)c3cccc(C(C)C)c3)cc2n1C. The standard InChI is InChI=1S/C32H36N2O4/c1-19(2)24-10-8-11-25(17-24)20(3)33-31(35)26-13-14-28-29(21(4)34(6)30(28)18-26)16-23-9-7-12-27(15-23)38-22(5)32(36)37/h7-15,17-20,22H,16H2,1-6H3,(H,33,35)(H,36,37)/t20-,22?/m0/s1. The summed E-state index contributed by atoms with van der Waals surface area (Å²) < 4.78 is 7.67. The van der Waals surface area contributed by atoms with Gasteiger partial charge in [0.25, 0.3) is 5.91 Å². The van der Waals surface area contributed by atoms with Crippen molar-refractivity contribution < 1.29 is 19.4 Å². The molecule has 0 saturated heterocycles. The minimum atomic E-state index is -1.00. The van der Waals surface area contributed by atoms with Crippen molar-refractivity contribution in [1.82, 2.24) is 9.88 Å². The van der Waals surface area contributed by atoms with Gasteiger partial charge in [0, 0.05) is 29.2 Å². The summed E-state index contributed by atoms with van der Waals surface area (Å²) in [5.74, 6) is -0.147. The number of carboxylic acid groups (broad SMARTS) is 1.